The molecular formula is C16H13BrN2O5. The van der Waals surface area contributed by atoms with Crippen LogP contribution in [0.5, 0.6) is 0 Å². The zero-order chi connectivity index (χ0) is 17.9. The van der Waals surface area contributed by atoms with Gasteiger partial charge in [-0.2, -0.15) is 0 Å². The van der Waals surface area contributed by atoms with Crippen molar-refractivity contribution in [2.45, 2.75) is 12.5 Å². The van der Waals surface area contributed by atoms with Gasteiger partial charge in [0.05, 0.1) is 4.48 Å². The van der Waals surface area contributed by atoms with Gasteiger partial charge in [0.2, 0.25) is 5.91 Å². The van der Waals surface area contributed by atoms with E-state index in [1.807, 2.05) is 0 Å². The van der Waals surface area contributed by atoms with Crippen molar-refractivity contribution in [2.75, 3.05) is 5.32 Å². The van der Waals surface area contributed by atoms with Gasteiger partial charge in [-0.25, -0.2) is 4.79 Å². The summed E-state index contributed by atoms with van der Waals surface area (Å²) in [6.07, 6.45) is 2.13. The van der Waals surface area contributed by atoms with Gasteiger partial charge in [-0.1, -0.05) is 18.7 Å². The Morgan fingerprint density at radius 3 is 2.38 bits per heavy atom. The molecule has 0 bridgehead atoms. The summed E-state index contributed by atoms with van der Waals surface area (Å²) < 4.78 is 0.0289. The molecule has 0 unspecified atom stereocenters. The molecule has 0 aromatic heterocycles. The third-order valence-electron chi connectivity index (χ3n) is 3.34. The molecule has 0 saturated carbocycles. The van der Waals surface area contributed by atoms with E-state index in [0.29, 0.717) is 16.2 Å². The molecule has 3 amide bonds. The lowest BCUT2D eigenvalue weighted by molar-refractivity contribution is -0.153. The largest absolute Gasteiger partial charge is 0.480 e. The highest BCUT2D eigenvalue weighted by Gasteiger charge is 2.39. The van der Waals surface area contributed by atoms with E-state index in [1.165, 1.54) is 0 Å². The van der Waals surface area contributed by atoms with Gasteiger partial charge in [0, 0.05) is 18.2 Å². The van der Waals surface area contributed by atoms with Crippen LogP contribution in [0.2, 0.25) is 0 Å². The maximum Gasteiger partial charge on any atom is 0.327 e. The number of nitrogens with one attached hydrogen (secondary N) is 1. The number of carbonyl (C=O) groups excluding carboxylic acids is 3. The number of carboxylic acids is 1. The van der Waals surface area contributed by atoms with Gasteiger partial charge in [0.1, 0.15) is 6.04 Å². The molecule has 24 heavy (non-hydrogen) atoms. The van der Waals surface area contributed by atoms with Gasteiger partial charge in [-0.3, -0.25) is 19.3 Å². The van der Waals surface area contributed by atoms with E-state index >= 15 is 0 Å². The number of halogens is 1. The maximum absolute atomic E-state index is 11.9. The summed E-state index contributed by atoms with van der Waals surface area (Å²) in [7, 11) is 0. The average Bonchev–Trinajstić information content (AvgIpc) is 2.79. The summed E-state index contributed by atoms with van der Waals surface area (Å²) in [4.78, 5) is 47.2. The van der Waals surface area contributed by atoms with Gasteiger partial charge in [0.15, 0.2) is 0 Å². The summed E-state index contributed by atoms with van der Waals surface area (Å²) in [5, 5.41) is 11.9. The fraction of sp³-hybridized carbons (Fsp3) is 0.125. The van der Waals surface area contributed by atoms with Crippen molar-refractivity contribution < 1.29 is 24.3 Å². The van der Waals surface area contributed by atoms with Crippen LogP contribution in [0, 0.1) is 0 Å². The minimum absolute atomic E-state index is 0.0289. The lowest BCUT2D eigenvalue weighted by Crippen LogP contribution is -2.46. The van der Waals surface area contributed by atoms with Crippen LogP contribution in [-0.4, -0.2) is 39.7 Å². The molecule has 1 aliphatic heterocycles. The summed E-state index contributed by atoms with van der Waals surface area (Å²) in [6, 6.07) is 5.10. The van der Waals surface area contributed by atoms with Gasteiger partial charge >= 0.3 is 5.97 Å². The number of anilines is 1. The Balaban J connectivity index is 2.16. The summed E-state index contributed by atoms with van der Waals surface area (Å²) in [5.41, 5.74) is 1.12. The first-order chi connectivity index (χ1) is 11.3. The number of hydrogen-bond donors (Lipinski definition) is 2. The summed E-state index contributed by atoms with van der Waals surface area (Å²) in [5.74, 6) is -3.00. The number of rotatable bonds is 6. The molecule has 1 aliphatic rings. The number of amides is 3. The summed E-state index contributed by atoms with van der Waals surface area (Å²) in [6.45, 7) is 3.34. The highest BCUT2D eigenvalue weighted by molar-refractivity contribution is 9.12. The second-order valence-corrected chi connectivity index (χ2v) is 5.81. The van der Waals surface area contributed by atoms with Gasteiger partial charge in [-0.15, -0.1) is 0 Å². The quantitative estimate of drug-likeness (QED) is 0.563. The Kier molecular flexibility index (Phi) is 5.30. The first-order valence-corrected chi connectivity index (χ1v) is 7.62. The van der Waals surface area contributed by atoms with Crippen LogP contribution in [0.4, 0.5) is 5.69 Å². The molecule has 1 atom stereocenters. The normalized spacial score (nSPS) is 15.0. The van der Waals surface area contributed by atoms with Gasteiger partial charge < -0.3 is 10.4 Å². The van der Waals surface area contributed by atoms with E-state index < -0.39 is 23.8 Å². The first-order valence-electron chi connectivity index (χ1n) is 6.83. The molecule has 1 aromatic carbocycles. The number of hydrogen-bond acceptors (Lipinski definition) is 4. The van der Waals surface area contributed by atoms with Gasteiger partial charge in [-0.05, 0) is 39.7 Å². The first kappa shape index (κ1) is 17.6. The van der Waals surface area contributed by atoms with Crippen molar-refractivity contribution in [1.29, 1.82) is 0 Å². The van der Waals surface area contributed by atoms with E-state index in [4.69, 9.17) is 0 Å². The van der Waals surface area contributed by atoms with Crippen LogP contribution in [-0.2, 0) is 25.6 Å². The minimum atomic E-state index is -1.31. The van der Waals surface area contributed by atoms with Crippen molar-refractivity contribution in [3.8, 4) is 0 Å². The van der Waals surface area contributed by atoms with Crippen LogP contribution in [0.3, 0.4) is 0 Å². The average molecular weight is 393 g/mol. The van der Waals surface area contributed by atoms with Gasteiger partial charge in [0.25, 0.3) is 11.8 Å². The van der Waals surface area contributed by atoms with E-state index in [-0.39, 0.29) is 16.8 Å². The molecular weight excluding hydrogens is 380 g/mol. The highest BCUT2D eigenvalue weighted by atomic mass is 79.9. The Labute approximate surface area is 145 Å². The molecule has 0 spiro atoms. The van der Waals surface area contributed by atoms with Crippen molar-refractivity contribution in [3.63, 3.8) is 0 Å². The second kappa shape index (κ2) is 7.22. The topological polar surface area (TPSA) is 104 Å². The lowest BCUT2D eigenvalue weighted by Gasteiger charge is -2.22. The molecule has 8 heteroatoms. The number of carbonyl (C=O) groups is 4. The van der Waals surface area contributed by atoms with E-state index in [9.17, 15) is 24.3 Å². The molecule has 0 aliphatic carbocycles. The Bertz CT molecular complexity index is 754. The Morgan fingerprint density at radius 1 is 1.29 bits per heavy atom. The Hall–Kier alpha value is -2.74. The van der Waals surface area contributed by atoms with Crippen LogP contribution in [0.15, 0.2) is 47.5 Å². The number of aliphatic carboxylic acids is 1. The van der Waals surface area contributed by atoms with Crippen molar-refractivity contribution in [1.82, 2.24) is 4.90 Å². The molecule has 2 rings (SSSR count). The molecule has 1 heterocycles. The number of nitrogens with zero attached hydrogens (tertiary/aromatic N) is 1. The van der Waals surface area contributed by atoms with Crippen LogP contribution >= 0.6 is 15.9 Å². The molecule has 0 fully saturated rings. The fourth-order valence-corrected chi connectivity index (χ4v) is 2.57. The monoisotopic (exact) mass is 392 g/mol. The molecule has 124 valence electrons. The summed E-state index contributed by atoms with van der Waals surface area (Å²) >= 11 is 2.93. The SMILES string of the molecule is C=CC(=O)Nc1ccc(C[C@@H](C(=O)O)N2C(=O)C=C(Br)C2=O)cc1. The van der Waals surface area contributed by atoms with E-state index in [1.54, 1.807) is 24.3 Å². The Morgan fingerprint density at radius 2 is 1.92 bits per heavy atom. The van der Waals surface area contributed by atoms with Crippen molar-refractivity contribution in [2.24, 2.45) is 0 Å². The zero-order valence-electron chi connectivity index (χ0n) is 12.4. The highest BCUT2D eigenvalue weighted by Crippen LogP contribution is 2.23. The molecule has 2 N–H and O–H groups in total. The van der Waals surface area contributed by atoms with Crippen LogP contribution in [0.25, 0.3) is 0 Å². The number of carboxylic acid groups (broad SMARTS) is 1. The van der Waals surface area contributed by atoms with Crippen molar-refractivity contribution in [3.05, 3.63) is 53.0 Å². The van der Waals surface area contributed by atoms with E-state index in [2.05, 4.69) is 27.8 Å². The molecule has 7 nitrogen and oxygen atoms in total. The van der Waals surface area contributed by atoms with Crippen LogP contribution in [0.1, 0.15) is 5.56 Å². The second-order valence-electron chi connectivity index (χ2n) is 4.95. The van der Waals surface area contributed by atoms with E-state index in [0.717, 1.165) is 12.2 Å². The smallest absolute Gasteiger partial charge is 0.327 e. The lowest BCUT2D eigenvalue weighted by atomic mass is 10.0. The molecule has 1 aromatic rings. The predicted molar refractivity (Wildman–Crippen MR) is 89.3 cm³/mol. The predicted octanol–water partition coefficient (Wildman–Crippen LogP) is 1.45. The molecule has 0 saturated heterocycles. The number of imide groups is 1. The maximum atomic E-state index is 11.9. The van der Waals surface area contributed by atoms with Crippen molar-refractivity contribution >= 4 is 45.3 Å². The fourth-order valence-electron chi connectivity index (χ4n) is 2.18. The standard InChI is InChI=1S/C16H13BrN2O5/c1-2-13(20)18-10-5-3-9(4-6-10)7-12(16(23)24)19-14(21)8-11(17)15(19)22/h2-6,8,12H,1,7H2,(H,18,20)(H,23,24)/t12-/m0/s1. The number of benzene rings is 1. The third-order valence-corrected chi connectivity index (χ3v) is 3.91. The third kappa shape index (κ3) is 3.77. The minimum Gasteiger partial charge on any atom is -0.480 e. The zero-order valence-corrected chi connectivity index (χ0v) is 13.9. The molecule has 0 radical (unpaired) electrons. The van der Waals surface area contributed by atoms with Crippen LogP contribution < -0.4 is 5.32 Å².